The van der Waals surface area contributed by atoms with Crippen LogP contribution < -0.4 is 4.74 Å². The molecule has 1 aromatic carbocycles. The van der Waals surface area contributed by atoms with E-state index in [1.807, 2.05) is 6.07 Å². The van der Waals surface area contributed by atoms with E-state index < -0.39 is 0 Å². The van der Waals surface area contributed by atoms with Crippen LogP contribution in [0.5, 0.6) is 5.75 Å². The summed E-state index contributed by atoms with van der Waals surface area (Å²) in [6.07, 6.45) is 0.688. The van der Waals surface area contributed by atoms with E-state index in [-0.39, 0.29) is 6.61 Å². The normalized spacial score (nSPS) is 17.4. The van der Waals surface area contributed by atoms with Gasteiger partial charge in [0, 0.05) is 29.2 Å². The molecule has 2 aromatic rings. The number of thioether (sulfide) groups is 1. The molecule has 0 saturated carbocycles. The van der Waals surface area contributed by atoms with Crippen molar-refractivity contribution in [3.63, 3.8) is 0 Å². The molecule has 0 spiro atoms. The molecule has 4 rings (SSSR count). The van der Waals surface area contributed by atoms with Gasteiger partial charge in [0.15, 0.2) is 5.17 Å². The zero-order chi connectivity index (χ0) is 15.1. The average Bonchev–Trinajstić information content (AvgIpc) is 3.19. The molecule has 1 N–H and O–H groups in total. The van der Waals surface area contributed by atoms with E-state index in [1.165, 1.54) is 25.6 Å². The van der Waals surface area contributed by atoms with Crippen molar-refractivity contribution in [2.45, 2.75) is 6.42 Å². The Balaban J connectivity index is 1.81. The average molecular weight is 332 g/mol. The Morgan fingerprint density at radius 2 is 2.27 bits per heavy atom. The van der Waals surface area contributed by atoms with E-state index in [0.29, 0.717) is 6.42 Å². The first-order valence-electron chi connectivity index (χ1n) is 7.22. The number of aliphatic hydroxyl groups is 1. The Labute approximate surface area is 137 Å². The van der Waals surface area contributed by atoms with E-state index in [9.17, 15) is 5.11 Å². The van der Waals surface area contributed by atoms with Crippen molar-refractivity contribution in [2.24, 2.45) is 4.99 Å². The van der Waals surface area contributed by atoms with Crippen molar-refractivity contribution >= 4 is 44.0 Å². The maximum Gasteiger partial charge on any atom is 0.168 e. The Hall–Kier alpha value is -1.50. The molecule has 0 fully saturated rings. The summed E-state index contributed by atoms with van der Waals surface area (Å²) in [6, 6.07) is 8.40. The molecule has 0 amide bonds. The molecule has 2 aliphatic rings. The molecule has 4 nitrogen and oxygen atoms in total. The number of rotatable bonds is 4. The van der Waals surface area contributed by atoms with Gasteiger partial charge in [0.1, 0.15) is 5.75 Å². The summed E-state index contributed by atoms with van der Waals surface area (Å²) >= 11 is 3.48. The second-order valence-electron chi connectivity index (χ2n) is 5.18. The van der Waals surface area contributed by atoms with Gasteiger partial charge in [-0.1, -0.05) is 11.8 Å². The first-order valence-corrected chi connectivity index (χ1v) is 8.85. The van der Waals surface area contributed by atoms with Crippen LogP contribution in [0, 0.1) is 0 Å². The first-order chi connectivity index (χ1) is 10.8. The van der Waals surface area contributed by atoms with E-state index in [1.54, 1.807) is 30.2 Å². The van der Waals surface area contributed by atoms with Crippen molar-refractivity contribution < 1.29 is 9.84 Å². The monoisotopic (exact) mass is 332 g/mol. The summed E-state index contributed by atoms with van der Waals surface area (Å²) in [7, 11) is 1.69. The van der Waals surface area contributed by atoms with E-state index in [2.05, 4.69) is 28.1 Å². The topological polar surface area (TPSA) is 45.1 Å². The zero-order valence-corrected chi connectivity index (χ0v) is 13.8. The van der Waals surface area contributed by atoms with E-state index >= 15 is 0 Å². The van der Waals surface area contributed by atoms with Gasteiger partial charge in [-0.3, -0.25) is 4.99 Å². The molecule has 2 aliphatic heterocycles. The number of thiophene rings is 1. The summed E-state index contributed by atoms with van der Waals surface area (Å²) < 4.78 is 6.54. The number of methoxy groups -OCH3 is 1. The summed E-state index contributed by atoms with van der Waals surface area (Å²) in [5.74, 6) is 0.884. The van der Waals surface area contributed by atoms with Gasteiger partial charge in [-0.05, 0) is 29.7 Å². The standard InChI is InChI=1S/C16H16N2O2S2/c1-20-11-3-2-10-8-14(21-13(10)9-11)15-12(4-7-19)22-16-17-5-6-18(15)16/h2-3,8-9,19H,4-7H2,1H3. The van der Waals surface area contributed by atoms with Gasteiger partial charge in [-0.2, -0.15) is 0 Å². The Morgan fingerprint density at radius 1 is 1.36 bits per heavy atom. The van der Waals surface area contributed by atoms with Crippen LogP contribution in [0.4, 0.5) is 0 Å². The van der Waals surface area contributed by atoms with Crippen LogP contribution >= 0.6 is 23.1 Å². The molecule has 0 aliphatic carbocycles. The summed E-state index contributed by atoms with van der Waals surface area (Å²) in [5.41, 5.74) is 1.23. The highest BCUT2D eigenvalue weighted by molar-refractivity contribution is 8.17. The van der Waals surface area contributed by atoms with Crippen LogP contribution in [0.1, 0.15) is 11.3 Å². The molecular formula is C16H16N2O2S2. The number of hydrogen-bond acceptors (Lipinski definition) is 6. The number of benzene rings is 1. The van der Waals surface area contributed by atoms with Gasteiger partial charge in [0.25, 0.3) is 0 Å². The Morgan fingerprint density at radius 3 is 3.09 bits per heavy atom. The number of amidine groups is 1. The molecular weight excluding hydrogens is 316 g/mol. The molecule has 3 heterocycles. The largest absolute Gasteiger partial charge is 0.497 e. The van der Waals surface area contributed by atoms with Crippen LogP contribution in [0.15, 0.2) is 34.2 Å². The molecule has 0 unspecified atom stereocenters. The number of fused-ring (bicyclic) bond motifs is 2. The van der Waals surface area contributed by atoms with Crippen molar-refractivity contribution in [2.75, 3.05) is 26.8 Å². The smallest absolute Gasteiger partial charge is 0.168 e. The van der Waals surface area contributed by atoms with E-state index in [4.69, 9.17) is 4.74 Å². The number of aliphatic hydroxyl groups excluding tert-OH is 1. The quantitative estimate of drug-likeness (QED) is 0.932. The highest BCUT2D eigenvalue weighted by Crippen LogP contribution is 2.46. The Bertz CT molecular complexity index is 795. The van der Waals surface area contributed by atoms with Crippen molar-refractivity contribution in [3.8, 4) is 5.75 Å². The van der Waals surface area contributed by atoms with Gasteiger partial charge in [0.2, 0.25) is 0 Å². The van der Waals surface area contributed by atoms with Crippen LogP contribution in [0.25, 0.3) is 15.8 Å². The number of nitrogens with zero attached hydrogens (tertiary/aromatic N) is 2. The predicted octanol–water partition coefficient (Wildman–Crippen LogP) is 3.38. The predicted molar refractivity (Wildman–Crippen MR) is 93.6 cm³/mol. The Kier molecular flexibility index (Phi) is 3.60. The van der Waals surface area contributed by atoms with Crippen molar-refractivity contribution in [1.29, 1.82) is 0 Å². The van der Waals surface area contributed by atoms with Crippen molar-refractivity contribution in [3.05, 3.63) is 34.0 Å². The molecule has 0 radical (unpaired) electrons. The second-order valence-corrected chi connectivity index (χ2v) is 7.32. The molecule has 114 valence electrons. The third kappa shape index (κ3) is 2.22. The summed E-state index contributed by atoms with van der Waals surface area (Å²) in [5, 5.41) is 11.6. The highest BCUT2D eigenvalue weighted by Gasteiger charge is 2.33. The minimum Gasteiger partial charge on any atom is -0.497 e. The van der Waals surface area contributed by atoms with Gasteiger partial charge in [-0.15, -0.1) is 11.3 Å². The highest BCUT2D eigenvalue weighted by atomic mass is 32.2. The lowest BCUT2D eigenvalue weighted by Crippen LogP contribution is -2.19. The third-order valence-electron chi connectivity index (χ3n) is 3.85. The van der Waals surface area contributed by atoms with Gasteiger partial charge in [-0.25, -0.2) is 0 Å². The minimum absolute atomic E-state index is 0.172. The molecule has 6 heteroatoms. The van der Waals surface area contributed by atoms with Gasteiger partial charge in [0.05, 0.1) is 24.2 Å². The zero-order valence-electron chi connectivity index (χ0n) is 12.2. The van der Waals surface area contributed by atoms with Crippen LogP contribution in [-0.2, 0) is 0 Å². The fraction of sp³-hybridized carbons (Fsp3) is 0.312. The maximum atomic E-state index is 9.34. The summed E-state index contributed by atoms with van der Waals surface area (Å²) in [4.78, 5) is 9.31. The molecule has 0 saturated heterocycles. The first kappa shape index (κ1) is 14.1. The van der Waals surface area contributed by atoms with Gasteiger partial charge < -0.3 is 14.7 Å². The van der Waals surface area contributed by atoms with Crippen LogP contribution in [0.2, 0.25) is 0 Å². The number of aliphatic imine (C=N–C) groups is 1. The number of ether oxygens (including phenoxy) is 1. The van der Waals surface area contributed by atoms with Crippen LogP contribution in [0.3, 0.4) is 0 Å². The van der Waals surface area contributed by atoms with Gasteiger partial charge >= 0.3 is 0 Å². The fourth-order valence-electron chi connectivity index (χ4n) is 2.83. The lowest BCUT2D eigenvalue weighted by molar-refractivity contribution is 0.301. The lowest BCUT2D eigenvalue weighted by atomic mass is 10.2. The molecule has 0 bridgehead atoms. The molecule has 22 heavy (non-hydrogen) atoms. The van der Waals surface area contributed by atoms with Crippen LogP contribution in [-0.4, -0.2) is 42.0 Å². The third-order valence-corrected chi connectivity index (χ3v) is 6.13. The molecule has 0 atom stereocenters. The fourth-order valence-corrected chi connectivity index (χ4v) is 5.24. The second kappa shape index (κ2) is 5.61. The lowest BCUT2D eigenvalue weighted by Gasteiger charge is -2.15. The van der Waals surface area contributed by atoms with E-state index in [0.717, 1.165) is 24.0 Å². The van der Waals surface area contributed by atoms with Crippen molar-refractivity contribution in [1.82, 2.24) is 4.90 Å². The minimum atomic E-state index is 0.172. The number of hydrogen-bond donors (Lipinski definition) is 1. The summed E-state index contributed by atoms with van der Waals surface area (Å²) in [6.45, 7) is 1.97. The SMILES string of the molecule is COc1ccc2cc(C3=C(CCO)SC4=NCCN43)sc2c1. The molecule has 1 aromatic heterocycles. The maximum absolute atomic E-state index is 9.34.